The van der Waals surface area contributed by atoms with Crippen LogP contribution in [0.2, 0.25) is 0 Å². The van der Waals surface area contributed by atoms with E-state index >= 15 is 0 Å². The topological polar surface area (TPSA) is 12.0 Å². The second-order valence-electron chi connectivity index (χ2n) is 6.84. The van der Waals surface area contributed by atoms with Crippen LogP contribution >= 0.6 is 0 Å². The van der Waals surface area contributed by atoms with E-state index in [9.17, 15) is 0 Å². The highest BCUT2D eigenvalue weighted by Crippen LogP contribution is 2.35. The molecule has 1 heteroatoms. The Morgan fingerprint density at radius 2 is 1.95 bits per heavy atom. The van der Waals surface area contributed by atoms with Crippen LogP contribution in [0.4, 0.5) is 0 Å². The van der Waals surface area contributed by atoms with Gasteiger partial charge in [0.2, 0.25) is 0 Å². The molecule has 0 bridgehead atoms. The van der Waals surface area contributed by atoms with Crippen molar-refractivity contribution in [3.05, 3.63) is 35.9 Å². The first-order valence-electron chi connectivity index (χ1n) is 7.88. The Morgan fingerprint density at radius 3 is 2.63 bits per heavy atom. The molecule has 1 aliphatic rings. The standard InChI is InChI=1S/C18H29N/c1-15(16-9-5-4-6-10-16)12-14-19-17-11-7-8-13-18(17,2)3/h4-6,9-10,15,17,19H,7-8,11-14H2,1-3H3. The monoisotopic (exact) mass is 259 g/mol. The number of hydrogen-bond acceptors (Lipinski definition) is 1. The summed E-state index contributed by atoms with van der Waals surface area (Å²) < 4.78 is 0. The van der Waals surface area contributed by atoms with Gasteiger partial charge in [-0.3, -0.25) is 0 Å². The second kappa shape index (κ2) is 6.56. The van der Waals surface area contributed by atoms with E-state index in [1.54, 1.807) is 0 Å². The third-order valence-corrected chi connectivity index (χ3v) is 4.84. The molecule has 0 saturated heterocycles. The Labute approximate surface area is 118 Å². The molecule has 2 unspecified atom stereocenters. The molecule has 1 fully saturated rings. The van der Waals surface area contributed by atoms with E-state index in [-0.39, 0.29) is 0 Å². The lowest BCUT2D eigenvalue weighted by Crippen LogP contribution is -2.44. The quantitative estimate of drug-likeness (QED) is 0.805. The van der Waals surface area contributed by atoms with Crippen molar-refractivity contribution >= 4 is 0 Å². The molecule has 1 aromatic carbocycles. The van der Waals surface area contributed by atoms with E-state index < -0.39 is 0 Å². The summed E-state index contributed by atoms with van der Waals surface area (Å²) in [5.41, 5.74) is 1.95. The van der Waals surface area contributed by atoms with E-state index in [0.717, 1.165) is 6.54 Å². The Balaban J connectivity index is 1.77. The van der Waals surface area contributed by atoms with E-state index in [0.29, 0.717) is 17.4 Å². The predicted molar refractivity (Wildman–Crippen MR) is 83.5 cm³/mol. The van der Waals surface area contributed by atoms with Crippen LogP contribution in [0.1, 0.15) is 64.4 Å². The lowest BCUT2D eigenvalue weighted by Gasteiger charge is -2.39. The van der Waals surface area contributed by atoms with E-state index in [1.165, 1.54) is 37.7 Å². The van der Waals surface area contributed by atoms with Gasteiger partial charge in [-0.25, -0.2) is 0 Å². The lowest BCUT2D eigenvalue weighted by molar-refractivity contribution is 0.167. The Kier molecular flexibility index (Phi) is 5.04. The first-order valence-corrected chi connectivity index (χ1v) is 7.88. The van der Waals surface area contributed by atoms with Crippen LogP contribution in [0.3, 0.4) is 0 Å². The average molecular weight is 259 g/mol. The zero-order chi connectivity index (χ0) is 13.7. The van der Waals surface area contributed by atoms with Gasteiger partial charge >= 0.3 is 0 Å². The van der Waals surface area contributed by atoms with Crippen molar-refractivity contribution in [3.8, 4) is 0 Å². The Morgan fingerprint density at radius 1 is 1.21 bits per heavy atom. The SMILES string of the molecule is CC(CCNC1CCCCC1(C)C)c1ccccc1. The molecule has 0 aromatic heterocycles. The van der Waals surface area contributed by atoms with Gasteiger partial charge in [0.15, 0.2) is 0 Å². The molecule has 0 aliphatic heterocycles. The van der Waals surface area contributed by atoms with Crippen molar-refractivity contribution < 1.29 is 0 Å². The first-order chi connectivity index (χ1) is 9.09. The first kappa shape index (κ1) is 14.6. The molecular weight excluding hydrogens is 230 g/mol. The summed E-state index contributed by atoms with van der Waals surface area (Å²) in [7, 11) is 0. The highest BCUT2D eigenvalue weighted by atomic mass is 14.9. The average Bonchev–Trinajstić information content (AvgIpc) is 2.41. The van der Waals surface area contributed by atoms with Gasteiger partial charge in [-0.05, 0) is 42.7 Å². The van der Waals surface area contributed by atoms with Gasteiger partial charge in [-0.2, -0.15) is 0 Å². The van der Waals surface area contributed by atoms with Crippen molar-refractivity contribution in [3.63, 3.8) is 0 Å². The highest BCUT2D eigenvalue weighted by Gasteiger charge is 2.31. The fourth-order valence-corrected chi connectivity index (χ4v) is 3.29. The molecule has 2 rings (SSSR count). The van der Waals surface area contributed by atoms with Crippen LogP contribution < -0.4 is 5.32 Å². The van der Waals surface area contributed by atoms with Crippen LogP contribution in [-0.2, 0) is 0 Å². The molecule has 0 heterocycles. The summed E-state index contributed by atoms with van der Waals surface area (Å²) in [6.45, 7) is 8.32. The molecule has 0 amide bonds. The number of hydrogen-bond donors (Lipinski definition) is 1. The maximum Gasteiger partial charge on any atom is 0.0118 e. The molecule has 106 valence electrons. The van der Waals surface area contributed by atoms with Crippen LogP contribution in [-0.4, -0.2) is 12.6 Å². The van der Waals surface area contributed by atoms with Crippen LogP contribution in [0.5, 0.6) is 0 Å². The highest BCUT2D eigenvalue weighted by molar-refractivity contribution is 5.18. The molecule has 19 heavy (non-hydrogen) atoms. The van der Waals surface area contributed by atoms with E-state index in [4.69, 9.17) is 0 Å². The minimum absolute atomic E-state index is 0.480. The van der Waals surface area contributed by atoms with Crippen molar-refractivity contribution in [2.45, 2.75) is 64.8 Å². The molecule has 1 N–H and O–H groups in total. The fraction of sp³-hybridized carbons (Fsp3) is 0.667. The zero-order valence-corrected chi connectivity index (χ0v) is 12.8. The number of nitrogens with one attached hydrogen (secondary N) is 1. The van der Waals surface area contributed by atoms with Gasteiger partial charge in [-0.15, -0.1) is 0 Å². The summed E-state index contributed by atoms with van der Waals surface area (Å²) in [6.07, 6.45) is 6.77. The molecule has 0 radical (unpaired) electrons. The van der Waals surface area contributed by atoms with Crippen molar-refractivity contribution in [1.29, 1.82) is 0 Å². The van der Waals surface area contributed by atoms with E-state index in [2.05, 4.69) is 56.4 Å². The maximum absolute atomic E-state index is 3.81. The second-order valence-corrected chi connectivity index (χ2v) is 6.84. The van der Waals surface area contributed by atoms with Gasteiger partial charge in [0.05, 0.1) is 0 Å². The van der Waals surface area contributed by atoms with Gasteiger partial charge < -0.3 is 5.32 Å². The van der Waals surface area contributed by atoms with Gasteiger partial charge in [0.1, 0.15) is 0 Å². The molecule has 1 nitrogen and oxygen atoms in total. The van der Waals surface area contributed by atoms with Crippen LogP contribution in [0, 0.1) is 5.41 Å². The molecule has 0 spiro atoms. The number of benzene rings is 1. The summed E-state index contributed by atoms with van der Waals surface area (Å²) in [5, 5.41) is 3.81. The maximum atomic E-state index is 3.81. The third kappa shape index (κ3) is 4.07. The van der Waals surface area contributed by atoms with Gasteiger partial charge in [0, 0.05) is 6.04 Å². The summed E-state index contributed by atoms with van der Waals surface area (Å²) in [6, 6.07) is 11.6. The third-order valence-electron chi connectivity index (χ3n) is 4.84. The van der Waals surface area contributed by atoms with Crippen molar-refractivity contribution in [2.75, 3.05) is 6.54 Å². The molecule has 1 saturated carbocycles. The summed E-state index contributed by atoms with van der Waals surface area (Å²) in [4.78, 5) is 0. The normalized spacial score (nSPS) is 24.1. The molecule has 1 aromatic rings. The predicted octanol–water partition coefficient (Wildman–Crippen LogP) is 4.74. The molecular formula is C18H29N. The molecule has 2 atom stereocenters. The van der Waals surface area contributed by atoms with Gasteiger partial charge in [-0.1, -0.05) is 63.9 Å². The van der Waals surface area contributed by atoms with Crippen molar-refractivity contribution in [1.82, 2.24) is 5.32 Å². The van der Waals surface area contributed by atoms with Crippen molar-refractivity contribution in [2.24, 2.45) is 5.41 Å². The van der Waals surface area contributed by atoms with E-state index in [1.807, 2.05) is 0 Å². The van der Waals surface area contributed by atoms with Gasteiger partial charge in [0.25, 0.3) is 0 Å². The molecule has 1 aliphatic carbocycles. The summed E-state index contributed by atoms with van der Waals surface area (Å²) in [5.74, 6) is 0.653. The Hall–Kier alpha value is -0.820. The fourth-order valence-electron chi connectivity index (χ4n) is 3.29. The minimum atomic E-state index is 0.480. The van der Waals surface area contributed by atoms with Crippen LogP contribution in [0.25, 0.3) is 0 Å². The summed E-state index contributed by atoms with van der Waals surface area (Å²) >= 11 is 0. The smallest absolute Gasteiger partial charge is 0.0118 e. The Bertz CT molecular complexity index is 369. The largest absolute Gasteiger partial charge is 0.313 e. The van der Waals surface area contributed by atoms with Crippen LogP contribution in [0.15, 0.2) is 30.3 Å². The number of rotatable bonds is 5. The zero-order valence-electron chi connectivity index (χ0n) is 12.8. The minimum Gasteiger partial charge on any atom is -0.313 e. The lowest BCUT2D eigenvalue weighted by atomic mass is 9.73.